The molecular formula is C18H25FN6O. The zero-order valence-corrected chi connectivity index (χ0v) is 15.4. The van der Waals surface area contributed by atoms with Crippen molar-refractivity contribution in [2.75, 3.05) is 5.32 Å². The van der Waals surface area contributed by atoms with Crippen molar-refractivity contribution in [3.63, 3.8) is 0 Å². The summed E-state index contributed by atoms with van der Waals surface area (Å²) in [6, 6.07) is 9.70. The van der Waals surface area contributed by atoms with Gasteiger partial charge in [0.25, 0.3) is 5.91 Å². The number of amides is 1. The van der Waals surface area contributed by atoms with Crippen molar-refractivity contribution in [2.45, 2.75) is 27.7 Å². The lowest BCUT2D eigenvalue weighted by molar-refractivity contribution is 0.0976. The van der Waals surface area contributed by atoms with Crippen LogP contribution in [0.3, 0.4) is 0 Å². The molecule has 8 heteroatoms. The maximum absolute atomic E-state index is 13.6. The highest BCUT2D eigenvalue weighted by Gasteiger charge is 2.15. The molecule has 0 saturated heterocycles. The number of guanidine groups is 1. The first-order valence-corrected chi connectivity index (χ1v) is 8.14. The number of anilines is 2. The average molecular weight is 360 g/mol. The molecule has 0 spiro atoms. The van der Waals surface area contributed by atoms with Gasteiger partial charge in [-0.25, -0.2) is 10.2 Å². The maximum atomic E-state index is 13.6. The number of aryl methyl sites for hydroxylation is 2. The number of benzene rings is 2. The van der Waals surface area contributed by atoms with E-state index in [1.54, 1.807) is 0 Å². The first kappa shape index (κ1) is 20.9. The first-order chi connectivity index (χ1) is 12.4. The molecule has 0 aliphatic carbocycles. The van der Waals surface area contributed by atoms with E-state index in [2.05, 4.69) is 21.2 Å². The van der Waals surface area contributed by atoms with E-state index in [1.165, 1.54) is 12.1 Å². The molecule has 0 aromatic heterocycles. The smallest absolute Gasteiger partial charge is 0.260 e. The van der Waals surface area contributed by atoms with E-state index in [0.717, 1.165) is 22.9 Å². The van der Waals surface area contributed by atoms with E-state index >= 15 is 0 Å². The van der Waals surface area contributed by atoms with Crippen LogP contribution in [0, 0.1) is 19.7 Å². The van der Waals surface area contributed by atoms with Gasteiger partial charge in [0.05, 0.1) is 11.3 Å². The third-order valence-electron chi connectivity index (χ3n) is 3.38. The number of hydrazone groups is 1. The van der Waals surface area contributed by atoms with Crippen molar-refractivity contribution in [1.82, 2.24) is 10.7 Å². The number of hydrogen-bond acceptors (Lipinski definition) is 5. The van der Waals surface area contributed by atoms with Gasteiger partial charge in [-0.3, -0.25) is 15.5 Å². The molecule has 7 nitrogen and oxygen atoms in total. The largest absolute Gasteiger partial charge is 0.355 e. The number of nitrogens with two attached hydrogens (primary N) is 2. The van der Waals surface area contributed by atoms with E-state index in [4.69, 9.17) is 11.7 Å². The standard InChI is InChI=1S/C16H19FN6O.C2H6/c1-9-3-5-13(10(2)7-9)20-14-6-4-11(17)8-12(14)15(24)21-16(22-18)23-19;1-2/h3-8,20H,18-19H2,1-2H3,(H2,21,22,23,24);1-2H3. The highest BCUT2D eigenvalue weighted by atomic mass is 19.1. The second kappa shape index (κ2) is 10.00. The highest BCUT2D eigenvalue weighted by molar-refractivity contribution is 6.08. The summed E-state index contributed by atoms with van der Waals surface area (Å²) in [4.78, 5) is 12.3. The summed E-state index contributed by atoms with van der Waals surface area (Å²) in [6.45, 7) is 7.93. The van der Waals surface area contributed by atoms with Crippen LogP contribution in [0.15, 0.2) is 41.5 Å². The minimum absolute atomic E-state index is 0.0892. The van der Waals surface area contributed by atoms with Gasteiger partial charge >= 0.3 is 0 Å². The van der Waals surface area contributed by atoms with Crippen molar-refractivity contribution < 1.29 is 9.18 Å². The molecule has 1 amide bonds. The number of carbonyl (C=O) groups is 1. The fourth-order valence-electron chi connectivity index (χ4n) is 2.19. The fraction of sp³-hybridized carbons (Fsp3) is 0.222. The van der Waals surface area contributed by atoms with E-state index < -0.39 is 11.7 Å². The van der Waals surface area contributed by atoms with Crippen molar-refractivity contribution in [1.29, 1.82) is 0 Å². The number of hydrazine groups is 1. The molecular weight excluding hydrogens is 335 g/mol. The molecule has 7 N–H and O–H groups in total. The Morgan fingerprint density at radius 3 is 2.31 bits per heavy atom. The number of carbonyl (C=O) groups excluding carboxylic acids is 1. The molecule has 0 aliphatic rings. The summed E-state index contributed by atoms with van der Waals surface area (Å²) in [5, 5.41) is 8.75. The summed E-state index contributed by atoms with van der Waals surface area (Å²) < 4.78 is 13.6. The van der Waals surface area contributed by atoms with Gasteiger partial charge in [-0.2, -0.15) is 0 Å². The summed E-state index contributed by atoms with van der Waals surface area (Å²) in [5.41, 5.74) is 5.59. The van der Waals surface area contributed by atoms with Gasteiger partial charge in [0.1, 0.15) is 5.82 Å². The van der Waals surface area contributed by atoms with Crippen molar-refractivity contribution in [2.24, 2.45) is 16.8 Å². The quantitative estimate of drug-likeness (QED) is 0.250. The van der Waals surface area contributed by atoms with Crippen LogP contribution in [0.5, 0.6) is 0 Å². The number of nitrogens with zero attached hydrogens (tertiary/aromatic N) is 1. The Hall–Kier alpha value is -3.13. The molecule has 0 radical (unpaired) electrons. The second-order valence-electron chi connectivity index (χ2n) is 5.21. The Balaban J connectivity index is 0.00000163. The Bertz CT molecular complexity index is 791. The summed E-state index contributed by atoms with van der Waals surface area (Å²) in [5.74, 6) is 8.96. The number of nitrogens with one attached hydrogen (secondary N) is 3. The van der Waals surface area contributed by atoms with Crippen LogP contribution in [0.4, 0.5) is 15.8 Å². The molecule has 2 aromatic carbocycles. The molecule has 140 valence electrons. The minimum Gasteiger partial charge on any atom is -0.355 e. The normalized spacial score (nSPS) is 10.5. The molecule has 26 heavy (non-hydrogen) atoms. The van der Waals surface area contributed by atoms with E-state index in [1.807, 2.05) is 45.9 Å². The maximum Gasteiger partial charge on any atom is 0.260 e. The number of rotatable bonds is 3. The summed E-state index contributed by atoms with van der Waals surface area (Å²) >= 11 is 0. The third-order valence-corrected chi connectivity index (χ3v) is 3.38. The zero-order valence-electron chi connectivity index (χ0n) is 15.4. The summed E-state index contributed by atoms with van der Waals surface area (Å²) in [6.07, 6.45) is 0. The molecule has 2 rings (SSSR count). The van der Waals surface area contributed by atoms with Crippen LogP contribution in [-0.2, 0) is 0 Å². The van der Waals surface area contributed by atoms with Gasteiger partial charge in [0, 0.05) is 5.69 Å². The highest BCUT2D eigenvalue weighted by Crippen LogP contribution is 2.25. The van der Waals surface area contributed by atoms with Crippen LogP contribution in [0.1, 0.15) is 35.3 Å². The minimum atomic E-state index is -0.607. The third kappa shape index (κ3) is 5.45. The van der Waals surface area contributed by atoms with Gasteiger partial charge in [-0.15, -0.1) is 5.10 Å². The Morgan fingerprint density at radius 2 is 1.73 bits per heavy atom. The first-order valence-electron chi connectivity index (χ1n) is 8.14. The second-order valence-corrected chi connectivity index (χ2v) is 5.21. The lowest BCUT2D eigenvalue weighted by Gasteiger charge is -2.15. The SMILES string of the molecule is CC.Cc1ccc(Nc2ccc(F)cc2C(=O)N/C(=N/N)NN)c(C)c1. The van der Waals surface area contributed by atoms with E-state index in [9.17, 15) is 9.18 Å². The molecule has 2 aromatic rings. The van der Waals surface area contributed by atoms with Crippen LogP contribution >= 0.6 is 0 Å². The molecule has 0 aliphatic heterocycles. The van der Waals surface area contributed by atoms with Gasteiger partial charge in [0.15, 0.2) is 0 Å². The lowest BCUT2D eigenvalue weighted by Crippen LogP contribution is -2.45. The molecule has 0 atom stereocenters. The number of halogens is 1. The van der Waals surface area contributed by atoms with Crippen LogP contribution in [-0.4, -0.2) is 11.9 Å². The van der Waals surface area contributed by atoms with Gasteiger partial charge in [-0.1, -0.05) is 31.5 Å². The van der Waals surface area contributed by atoms with Gasteiger partial charge < -0.3 is 11.2 Å². The molecule has 0 fully saturated rings. The predicted molar refractivity (Wildman–Crippen MR) is 103 cm³/mol. The molecule has 0 saturated carbocycles. The van der Waals surface area contributed by atoms with Gasteiger partial charge in [-0.05, 0) is 43.7 Å². The Morgan fingerprint density at radius 1 is 1.08 bits per heavy atom. The van der Waals surface area contributed by atoms with E-state index in [0.29, 0.717) is 5.69 Å². The monoisotopic (exact) mass is 360 g/mol. The Kier molecular flexibility index (Phi) is 8.04. The Labute approximate surface area is 152 Å². The number of hydrogen-bond donors (Lipinski definition) is 5. The van der Waals surface area contributed by atoms with Gasteiger partial charge in [0.2, 0.25) is 5.96 Å². The lowest BCUT2D eigenvalue weighted by atomic mass is 10.1. The molecule has 0 heterocycles. The predicted octanol–water partition coefficient (Wildman–Crippen LogP) is 2.64. The van der Waals surface area contributed by atoms with Crippen molar-refractivity contribution >= 4 is 23.2 Å². The van der Waals surface area contributed by atoms with Crippen molar-refractivity contribution in [3.05, 3.63) is 58.9 Å². The van der Waals surface area contributed by atoms with E-state index in [-0.39, 0.29) is 11.5 Å². The van der Waals surface area contributed by atoms with Crippen LogP contribution in [0.2, 0.25) is 0 Å². The summed E-state index contributed by atoms with van der Waals surface area (Å²) in [7, 11) is 0. The van der Waals surface area contributed by atoms with Crippen LogP contribution in [0.25, 0.3) is 0 Å². The molecule has 0 unspecified atom stereocenters. The fourth-order valence-corrected chi connectivity index (χ4v) is 2.19. The average Bonchev–Trinajstić information content (AvgIpc) is 2.64. The van der Waals surface area contributed by atoms with Crippen LogP contribution < -0.4 is 27.7 Å². The zero-order chi connectivity index (χ0) is 19.7. The molecule has 0 bridgehead atoms. The topological polar surface area (TPSA) is 118 Å². The van der Waals surface area contributed by atoms with Crippen molar-refractivity contribution in [3.8, 4) is 0 Å².